The summed E-state index contributed by atoms with van der Waals surface area (Å²) in [6.45, 7) is 0.169. The van der Waals surface area contributed by atoms with Gasteiger partial charge in [-0.3, -0.25) is 14.6 Å². The Balaban J connectivity index is 1.86. The summed E-state index contributed by atoms with van der Waals surface area (Å²) < 4.78 is 11.4. The fourth-order valence-corrected chi connectivity index (χ4v) is 4.13. The predicted octanol–water partition coefficient (Wildman–Crippen LogP) is 4.48. The molecular weight excluding hydrogens is 488 g/mol. The van der Waals surface area contributed by atoms with Crippen molar-refractivity contribution >= 4 is 33.4 Å². The smallest absolute Gasteiger partial charge is 0.295 e. The lowest BCUT2D eigenvalue weighted by Gasteiger charge is -2.25. The Bertz CT molecular complexity index is 1230. The van der Waals surface area contributed by atoms with Gasteiger partial charge in [-0.25, -0.2) is 0 Å². The van der Waals surface area contributed by atoms with Crippen LogP contribution in [0.5, 0.6) is 11.5 Å². The quantitative estimate of drug-likeness (QED) is 0.300. The van der Waals surface area contributed by atoms with Crippen LogP contribution in [0.1, 0.15) is 22.7 Å². The van der Waals surface area contributed by atoms with Crippen molar-refractivity contribution in [2.75, 3.05) is 14.2 Å². The molecule has 1 amide bonds. The van der Waals surface area contributed by atoms with Crippen LogP contribution in [-0.2, 0) is 16.1 Å². The Labute approximate surface area is 199 Å². The monoisotopic (exact) mass is 508 g/mol. The first-order chi connectivity index (χ1) is 15.9. The van der Waals surface area contributed by atoms with Gasteiger partial charge in [0.1, 0.15) is 5.76 Å². The van der Waals surface area contributed by atoms with Crippen LogP contribution in [0, 0.1) is 0 Å². The van der Waals surface area contributed by atoms with Crippen LogP contribution < -0.4 is 9.47 Å². The maximum Gasteiger partial charge on any atom is 0.295 e. The maximum atomic E-state index is 13.2. The Morgan fingerprint density at radius 1 is 1.06 bits per heavy atom. The number of amides is 1. The Morgan fingerprint density at radius 3 is 2.42 bits per heavy atom. The fourth-order valence-electron chi connectivity index (χ4n) is 3.86. The molecule has 2 aromatic carbocycles. The first-order valence-electron chi connectivity index (χ1n) is 10.1. The molecule has 7 nitrogen and oxygen atoms in total. The summed E-state index contributed by atoms with van der Waals surface area (Å²) in [7, 11) is 2.99. The number of rotatable bonds is 6. The highest BCUT2D eigenvalue weighted by atomic mass is 79.9. The number of benzene rings is 2. The Morgan fingerprint density at radius 2 is 1.79 bits per heavy atom. The molecular formula is C25H21BrN2O5. The third kappa shape index (κ3) is 4.34. The summed E-state index contributed by atoms with van der Waals surface area (Å²) in [5.74, 6) is -0.842. The van der Waals surface area contributed by atoms with Gasteiger partial charge in [0.05, 0.1) is 25.8 Å². The molecule has 1 atom stereocenters. The number of carbonyl (C=O) groups is 2. The minimum atomic E-state index is -0.772. The zero-order valence-electron chi connectivity index (χ0n) is 18.0. The number of aromatic nitrogens is 1. The molecule has 0 saturated carbocycles. The van der Waals surface area contributed by atoms with Gasteiger partial charge in [-0.2, -0.15) is 0 Å². The maximum absolute atomic E-state index is 13.2. The van der Waals surface area contributed by atoms with Crippen LogP contribution >= 0.6 is 15.9 Å². The number of Topliss-reactive ketones (excluding diaryl/α,β-unsaturated/α-hetero) is 1. The van der Waals surface area contributed by atoms with E-state index in [-0.39, 0.29) is 17.9 Å². The zero-order valence-corrected chi connectivity index (χ0v) is 19.6. The predicted molar refractivity (Wildman–Crippen MR) is 126 cm³/mol. The van der Waals surface area contributed by atoms with Gasteiger partial charge in [-0.15, -0.1) is 0 Å². The summed E-state index contributed by atoms with van der Waals surface area (Å²) in [6, 6.07) is 14.9. The Kier molecular flexibility index (Phi) is 6.46. The number of nitrogens with zero attached hydrogens (tertiary/aromatic N) is 2. The van der Waals surface area contributed by atoms with E-state index in [1.165, 1.54) is 19.1 Å². The molecule has 0 aliphatic carbocycles. The van der Waals surface area contributed by atoms with Crippen molar-refractivity contribution in [3.05, 3.63) is 93.7 Å². The molecule has 1 aliphatic heterocycles. The van der Waals surface area contributed by atoms with E-state index in [0.717, 1.165) is 10.0 Å². The number of pyridine rings is 1. The summed E-state index contributed by atoms with van der Waals surface area (Å²) in [4.78, 5) is 31.8. The third-order valence-electron chi connectivity index (χ3n) is 5.46. The summed E-state index contributed by atoms with van der Waals surface area (Å²) in [5, 5.41) is 11.2. The van der Waals surface area contributed by atoms with Crippen LogP contribution in [0.15, 0.2) is 77.0 Å². The van der Waals surface area contributed by atoms with Crippen LogP contribution in [-0.4, -0.2) is 40.9 Å². The molecule has 4 rings (SSSR count). The van der Waals surface area contributed by atoms with Gasteiger partial charge < -0.3 is 19.5 Å². The Hall–Kier alpha value is -3.65. The number of halogens is 1. The normalized spacial score (nSPS) is 17.3. The molecule has 1 aliphatic rings. The van der Waals surface area contributed by atoms with Gasteiger partial charge in [0.25, 0.3) is 11.7 Å². The van der Waals surface area contributed by atoms with E-state index in [2.05, 4.69) is 20.9 Å². The van der Waals surface area contributed by atoms with Gasteiger partial charge in [-0.1, -0.05) is 34.1 Å². The first kappa shape index (κ1) is 22.5. The largest absolute Gasteiger partial charge is 0.507 e. The van der Waals surface area contributed by atoms with Crippen LogP contribution in [0.4, 0.5) is 0 Å². The minimum Gasteiger partial charge on any atom is -0.507 e. The van der Waals surface area contributed by atoms with Crippen LogP contribution in [0.2, 0.25) is 0 Å². The van der Waals surface area contributed by atoms with Crippen LogP contribution in [0.25, 0.3) is 5.76 Å². The molecule has 1 saturated heterocycles. The molecule has 3 aromatic rings. The molecule has 1 aromatic heterocycles. The number of methoxy groups -OCH3 is 2. The standard InChI is InChI=1S/C25H21BrN2O5/c1-32-19-10-7-17(12-20(19)33-2)23(29)21-22(16-5-8-18(26)9-6-16)28(25(31)24(21)30)14-15-4-3-11-27-13-15/h3-13,22,29H,14H2,1-2H3/t22-/m0/s1. The molecule has 0 spiro atoms. The molecule has 168 valence electrons. The average Bonchev–Trinajstić information content (AvgIpc) is 3.09. The van der Waals surface area contributed by atoms with E-state index < -0.39 is 17.7 Å². The number of aliphatic hydroxyl groups excluding tert-OH is 1. The molecule has 0 bridgehead atoms. The average molecular weight is 509 g/mol. The fraction of sp³-hybridized carbons (Fsp3) is 0.160. The second-order valence-corrected chi connectivity index (χ2v) is 8.33. The van der Waals surface area contributed by atoms with E-state index in [1.807, 2.05) is 30.3 Å². The molecule has 0 unspecified atom stereocenters. The second-order valence-electron chi connectivity index (χ2n) is 7.41. The van der Waals surface area contributed by atoms with E-state index in [1.54, 1.807) is 36.7 Å². The molecule has 8 heteroatoms. The number of carbonyl (C=O) groups excluding carboxylic acids is 2. The summed E-state index contributed by atoms with van der Waals surface area (Å²) in [5.41, 5.74) is 1.82. The second kappa shape index (κ2) is 9.46. The summed E-state index contributed by atoms with van der Waals surface area (Å²) in [6.07, 6.45) is 3.28. The highest BCUT2D eigenvalue weighted by molar-refractivity contribution is 9.10. The van der Waals surface area contributed by atoms with Gasteiger partial charge >= 0.3 is 0 Å². The molecule has 0 radical (unpaired) electrons. The number of hydrogen-bond donors (Lipinski definition) is 1. The van der Waals surface area contributed by atoms with E-state index in [0.29, 0.717) is 22.6 Å². The van der Waals surface area contributed by atoms with Gasteiger partial charge in [0.15, 0.2) is 11.5 Å². The zero-order chi connectivity index (χ0) is 23.5. The molecule has 1 N–H and O–H groups in total. The van der Waals surface area contributed by atoms with Crippen molar-refractivity contribution in [2.45, 2.75) is 12.6 Å². The number of likely N-dealkylation sites (tertiary alicyclic amines) is 1. The number of aliphatic hydroxyl groups is 1. The van der Waals surface area contributed by atoms with Gasteiger partial charge in [-0.05, 0) is 47.5 Å². The topological polar surface area (TPSA) is 89.0 Å². The van der Waals surface area contributed by atoms with E-state index in [4.69, 9.17) is 9.47 Å². The van der Waals surface area contributed by atoms with Crippen molar-refractivity contribution in [3.63, 3.8) is 0 Å². The van der Waals surface area contributed by atoms with Crippen molar-refractivity contribution in [2.24, 2.45) is 0 Å². The van der Waals surface area contributed by atoms with Crippen molar-refractivity contribution in [3.8, 4) is 11.5 Å². The van der Waals surface area contributed by atoms with E-state index in [9.17, 15) is 14.7 Å². The van der Waals surface area contributed by atoms with E-state index >= 15 is 0 Å². The third-order valence-corrected chi connectivity index (χ3v) is 5.99. The molecule has 2 heterocycles. The first-order valence-corrected chi connectivity index (χ1v) is 10.9. The lowest BCUT2D eigenvalue weighted by molar-refractivity contribution is -0.140. The van der Waals surface area contributed by atoms with Crippen molar-refractivity contribution in [1.29, 1.82) is 0 Å². The minimum absolute atomic E-state index is 0.0124. The highest BCUT2D eigenvalue weighted by Crippen LogP contribution is 2.41. The van der Waals surface area contributed by atoms with Gasteiger partial charge in [0, 0.05) is 29.0 Å². The number of ether oxygens (including phenoxy) is 2. The van der Waals surface area contributed by atoms with Crippen molar-refractivity contribution in [1.82, 2.24) is 9.88 Å². The molecule has 1 fully saturated rings. The number of hydrogen-bond acceptors (Lipinski definition) is 6. The van der Waals surface area contributed by atoms with Crippen LogP contribution in [0.3, 0.4) is 0 Å². The lowest BCUT2D eigenvalue weighted by Crippen LogP contribution is -2.29. The van der Waals surface area contributed by atoms with Gasteiger partial charge in [0.2, 0.25) is 0 Å². The SMILES string of the molecule is COc1ccc(C(O)=C2C(=O)C(=O)N(Cc3cccnc3)[C@H]2c2ccc(Br)cc2)cc1OC. The molecule has 33 heavy (non-hydrogen) atoms. The number of ketones is 1. The summed E-state index contributed by atoms with van der Waals surface area (Å²) >= 11 is 3.41. The van der Waals surface area contributed by atoms with Crippen molar-refractivity contribution < 1.29 is 24.2 Å². The lowest BCUT2D eigenvalue weighted by atomic mass is 9.95. The highest BCUT2D eigenvalue weighted by Gasteiger charge is 2.46.